The van der Waals surface area contributed by atoms with E-state index in [1.54, 1.807) is 48.4 Å². The largest absolute Gasteiger partial charge is 0.497 e. The van der Waals surface area contributed by atoms with E-state index in [2.05, 4.69) is 20.0 Å². The van der Waals surface area contributed by atoms with Crippen LogP contribution in [0.25, 0.3) is 11.3 Å². The van der Waals surface area contributed by atoms with Crippen molar-refractivity contribution in [3.63, 3.8) is 0 Å². The first-order valence-corrected chi connectivity index (χ1v) is 14.4. The van der Waals surface area contributed by atoms with Gasteiger partial charge in [-0.2, -0.15) is 0 Å². The number of benzene rings is 2. The maximum Gasteiger partial charge on any atom is 0.254 e. The van der Waals surface area contributed by atoms with Crippen LogP contribution in [0.3, 0.4) is 0 Å². The Kier molecular flexibility index (Phi) is 9.94. The van der Waals surface area contributed by atoms with Gasteiger partial charge in [0.05, 0.1) is 26.0 Å². The number of hydrogen-bond acceptors (Lipinski definition) is 8. The van der Waals surface area contributed by atoms with Gasteiger partial charge in [-0.05, 0) is 61.0 Å². The first-order valence-electron chi connectivity index (χ1n) is 14.4. The fourth-order valence-corrected chi connectivity index (χ4v) is 5.21. The minimum absolute atomic E-state index is 0.00650. The standard InChI is InChI=1S/C31H37FN6O4/c1-41-27-5-2-4-25(22-27)31(40)38(15-14-35-18-20-42-21-19-35)23-30(39)37-13-3-12-36(16-17-37)29-11-10-28(33-34-29)24-6-8-26(32)9-7-24/h2,4-11,22H,3,12-21,23H2,1H3. The Morgan fingerprint density at radius 1 is 0.952 bits per heavy atom. The summed E-state index contributed by atoms with van der Waals surface area (Å²) in [4.78, 5) is 35.0. The molecule has 3 heterocycles. The van der Waals surface area contributed by atoms with E-state index in [-0.39, 0.29) is 24.2 Å². The van der Waals surface area contributed by atoms with E-state index >= 15 is 0 Å². The summed E-state index contributed by atoms with van der Waals surface area (Å²) < 4.78 is 24.0. The lowest BCUT2D eigenvalue weighted by Crippen LogP contribution is -2.47. The Hall–Kier alpha value is -4.09. The Morgan fingerprint density at radius 2 is 1.76 bits per heavy atom. The predicted octanol–water partition coefficient (Wildman–Crippen LogP) is 2.80. The Labute approximate surface area is 245 Å². The number of nitrogens with zero attached hydrogens (tertiary/aromatic N) is 6. The average Bonchev–Trinajstić information content (AvgIpc) is 3.30. The molecule has 0 unspecified atom stereocenters. The molecule has 11 heteroatoms. The summed E-state index contributed by atoms with van der Waals surface area (Å²) in [7, 11) is 1.57. The second-order valence-electron chi connectivity index (χ2n) is 10.4. The first kappa shape index (κ1) is 29.4. The molecular weight excluding hydrogens is 539 g/mol. The number of carbonyl (C=O) groups excluding carboxylic acids is 2. The lowest BCUT2D eigenvalue weighted by Gasteiger charge is -2.31. The van der Waals surface area contributed by atoms with Crippen molar-refractivity contribution in [3.8, 4) is 17.0 Å². The van der Waals surface area contributed by atoms with Crippen LogP contribution >= 0.6 is 0 Å². The fourth-order valence-electron chi connectivity index (χ4n) is 5.21. The maximum absolute atomic E-state index is 13.6. The molecule has 0 radical (unpaired) electrons. The first-order chi connectivity index (χ1) is 20.5. The summed E-state index contributed by atoms with van der Waals surface area (Å²) in [5.41, 5.74) is 1.96. The molecule has 42 heavy (non-hydrogen) atoms. The molecule has 0 bridgehead atoms. The summed E-state index contributed by atoms with van der Waals surface area (Å²) in [6.45, 7) is 6.54. The molecule has 2 amide bonds. The van der Waals surface area contributed by atoms with E-state index in [4.69, 9.17) is 9.47 Å². The molecule has 222 valence electrons. The third-order valence-corrected chi connectivity index (χ3v) is 7.68. The van der Waals surface area contributed by atoms with Gasteiger partial charge >= 0.3 is 0 Å². The van der Waals surface area contributed by atoms with Crippen LogP contribution in [-0.4, -0.2) is 116 Å². The van der Waals surface area contributed by atoms with Crippen LogP contribution in [0.15, 0.2) is 60.7 Å². The molecule has 3 aromatic rings. The van der Waals surface area contributed by atoms with Crippen molar-refractivity contribution in [3.05, 3.63) is 72.0 Å². The molecule has 0 N–H and O–H groups in total. The topological polar surface area (TPSA) is 91.3 Å². The van der Waals surface area contributed by atoms with Crippen molar-refractivity contribution in [2.24, 2.45) is 0 Å². The molecule has 0 atom stereocenters. The van der Waals surface area contributed by atoms with Gasteiger partial charge in [0.1, 0.15) is 18.1 Å². The number of hydrogen-bond donors (Lipinski definition) is 0. The molecule has 2 aliphatic heterocycles. The van der Waals surface area contributed by atoms with E-state index in [0.717, 1.165) is 37.4 Å². The highest BCUT2D eigenvalue weighted by atomic mass is 19.1. The van der Waals surface area contributed by atoms with Crippen molar-refractivity contribution < 1.29 is 23.5 Å². The minimum Gasteiger partial charge on any atom is -0.497 e. The minimum atomic E-state index is -0.295. The van der Waals surface area contributed by atoms with Gasteiger partial charge in [-0.15, -0.1) is 10.2 Å². The second kappa shape index (κ2) is 14.2. The molecule has 2 saturated heterocycles. The molecule has 2 fully saturated rings. The van der Waals surface area contributed by atoms with E-state index in [1.807, 2.05) is 17.0 Å². The number of ether oxygens (including phenoxy) is 2. The SMILES string of the molecule is COc1cccc(C(=O)N(CCN2CCOCC2)CC(=O)N2CCCN(c3ccc(-c4ccc(F)cc4)nn3)CC2)c1. The van der Waals surface area contributed by atoms with Gasteiger partial charge < -0.3 is 24.2 Å². The number of amides is 2. The number of anilines is 1. The Balaban J connectivity index is 1.22. The quantitative estimate of drug-likeness (QED) is 0.384. The van der Waals surface area contributed by atoms with Crippen LogP contribution in [0.5, 0.6) is 5.75 Å². The van der Waals surface area contributed by atoms with Gasteiger partial charge in [-0.25, -0.2) is 4.39 Å². The molecule has 0 saturated carbocycles. The van der Waals surface area contributed by atoms with E-state index in [0.29, 0.717) is 62.9 Å². The van der Waals surface area contributed by atoms with Gasteiger partial charge in [0.25, 0.3) is 5.91 Å². The van der Waals surface area contributed by atoms with Crippen molar-refractivity contribution in [2.45, 2.75) is 6.42 Å². The van der Waals surface area contributed by atoms with Crippen molar-refractivity contribution in [1.29, 1.82) is 0 Å². The zero-order chi connectivity index (χ0) is 29.3. The fraction of sp³-hybridized carbons (Fsp3) is 0.419. The molecule has 1 aromatic heterocycles. The maximum atomic E-state index is 13.6. The summed E-state index contributed by atoms with van der Waals surface area (Å²) in [5, 5.41) is 8.74. The smallest absolute Gasteiger partial charge is 0.254 e. The number of morpholine rings is 1. The van der Waals surface area contributed by atoms with Crippen molar-refractivity contribution >= 4 is 17.6 Å². The number of methoxy groups -OCH3 is 1. The van der Waals surface area contributed by atoms with Crippen LogP contribution in [0.4, 0.5) is 10.2 Å². The summed E-state index contributed by atoms with van der Waals surface area (Å²) >= 11 is 0. The van der Waals surface area contributed by atoms with Gasteiger partial charge in [0.2, 0.25) is 5.91 Å². The van der Waals surface area contributed by atoms with Gasteiger partial charge in [0.15, 0.2) is 5.82 Å². The van der Waals surface area contributed by atoms with Crippen LogP contribution in [0.1, 0.15) is 16.8 Å². The Bertz CT molecular complexity index is 1330. The number of aromatic nitrogens is 2. The third-order valence-electron chi connectivity index (χ3n) is 7.68. The van der Waals surface area contributed by atoms with Crippen molar-refractivity contribution in [2.75, 3.05) is 84.1 Å². The normalized spacial score (nSPS) is 16.1. The van der Waals surface area contributed by atoms with Gasteiger partial charge in [0, 0.05) is 63.5 Å². The summed E-state index contributed by atoms with van der Waals surface area (Å²) in [6, 6.07) is 17.0. The lowest BCUT2D eigenvalue weighted by molar-refractivity contribution is -0.131. The highest BCUT2D eigenvalue weighted by Gasteiger charge is 2.26. The number of carbonyl (C=O) groups is 2. The van der Waals surface area contributed by atoms with Crippen LogP contribution in [0, 0.1) is 5.82 Å². The monoisotopic (exact) mass is 576 g/mol. The predicted molar refractivity (Wildman–Crippen MR) is 157 cm³/mol. The van der Waals surface area contributed by atoms with E-state index in [9.17, 15) is 14.0 Å². The van der Waals surface area contributed by atoms with Crippen LogP contribution in [0.2, 0.25) is 0 Å². The third kappa shape index (κ3) is 7.59. The Morgan fingerprint density at radius 3 is 2.50 bits per heavy atom. The lowest BCUT2D eigenvalue weighted by atomic mass is 10.1. The molecule has 0 aliphatic carbocycles. The number of rotatable bonds is 9. The second-order valence-corrected chi connectivity index (χ2v) is 10.4. The molecule has 5 rings (SSSR count). The van der Waals surface area contributed by atoms with Crippen LogP contribution < -0.4 is 9.64 Å². The average molecular weight is 577 g/mol. The molecule has 0 spiro atoms. The molecule has 2 aromatic carbocycles. The zero-order valence-corrected chi connectivity index (χ0v) is 24.0. The van der Waals surface area contributed by atoms with E-state index < -0.39 is 0 Å². The van der Waals surface area contributed by atoms with Gasteiger partial charge in [-0.1, -0.05) is 6.07 Å². The van der Waals surface area contributed by atoms with E-state index in [1.165, 1.54) is 12.1 Å². The molecule has 10 nitrogen and oxygen atoms in total. The zero-order valence-electron chi connectivity index (χ0n) is 24.0. The molecule has 2 aliphatic rings. The van der Waals surface area contributed by atoms with Gasteiger partial charge in [-0.3, -0.25) is 14.5 Å². The number of halogens is 1. The molecular formula is C31H37FN6O4. The van der Waals surface area contributed by atoms with Crippen molar-refractivity contribution in [1.82, 2.24) is 24.9 Å². The highest BCUT2D eigenvalue weighted by Crippen LogP contribution is 2.20. The van der Waals surface area contributed by atoms with Crippen LogP contribution in [-0.2, 0) is 9.53 Å². The highest BCUT2D eigenvalue weighted by molar-refractivity contribution is 5.96. The summed E-state index contributed by atoms with van der Waals surface area (Å²) in [6.07, 6.45) is 0.769. The summed E-state index contributed by atoms with van der Waals surface area (Å²) in [5.74, 6) is 0.769.